The van der Waals surface area contributed by atoms with Crippen LogP contribution < -0.4 is 29.7 Å². The quantitative estimate of drug-likeness (QED) is 0.563. The molecule has 0 atom stereocenters. The van der Waals surface area contributed by atoms with E-state index in [0.717, 1.165) is 0 Å². The van der Waals surface area contributed by atoms with Crippen molar-refractivity contribution in [3.05, 3.63) is 95.6 Å². The summed E-state index contributed by atoms with van der Waals surface area (Å²) in [5.74, 6) is 0. The Morgan fingerprint density at radius 2 is 1.22 bits per heavy atom. The first-order valence-corrected chi connectivity index (χ1v) is 8.54. The third-order valence-corrected chi connectivity index (χ3v) is 4.41. The lowest BCUT2D eigenvalue weighted by Crippen LogP contribution is -3.00. The summed E-state index contributed by atoms with van der Waals surface area (Å²) < 4.78 is 2.12. The van der Waals surface area contributed by atoms with Gasteiger partial charge in [-0.2, -0.15) is 0 Å². The first kappa shape index (κ1) is 22.8. The molecule has 142 valence electrons. The summed E-state index contributed by atoms with van der Waals surface area (Å²) in [6.07, 6.45) is 8.76. The molecule has 27 heavy (non-hydrogen) atoms. The summed E-state index contributed by atoms with van der Waals surface area (Å²) in [6, 6.07) is 19.4. The predicted molar refractivity (Wildman–Crippen MR) is 109 cm³/mol. The topological polar surface area (TPSA) is 6.25 Å². The van der Waals surface area contributed by atoms with Crippen molar-refractivity contribution in [1.29, 1.82) is 0 Å². The third-order valence-electron chi connectivity index (χ3n) is 4.41. The zero-order chi connectivity index (χ0) is 17.8. The van der Waals surface area contributed by atoms with Gasteiger partial charge in [-0.3, -0.25) is 0 Å². The van der Waals surface area contributed by atoms with E-state index >= 15 is 0 Å². The van der Waals surface area contributed by atoms with Crippen molar-refractivity contribution >= 4 is 17.0 Å². The first-order valence-electron chi connectivity index (χ1n) is 8.54. The van der Waals surface area contributed by atoms with Gasteiger partial charge in [-0.05, 0) is 46.6 Å². The van der Waals surface area contributed by atoms with E-state index < -0.39 is 0 Å². The van der Waals surface area contributed by atoms with Crippen molar-refractivity contribution in [2.45, 2.75) is 0 Å². The van der Waals surface area contributed by atoms with E-state index in [4.69, 9.17) is 0 Å². The van der Waals surface area contributed by atoms with Crippen molar-refractivity contribution in [2.75, 3.05) is 33.1 Å². The lowest BCUT2D eigenvalue weighted by molar-refractivity contribution is -0.462. The highest BCUT2D eigenvalue weighted by Crippen LogP contribution is 2.30. The van der Waals surface area contributed by atoms with Crippen LogP contribution in [0.25, 0.3) is 5.57 Å². The molecule has 0 amide bonds. The van der Waals surface area contributed by atoms with E-state index in [0.29, 0.717) is 0 Å². The number of rotatable bonds is 3. The van der Waals surface area contributed by atoms with Gasteiger partial charge in [0.25, 0.3) is 0 Å². The second-order valence-electron chi connectivity index (χ2n) is 6.62. The Morgan fingerprint density at radius 3 is 1.70 bits per heavy atom. The van der Waals surface area contributed by atoms with Crippen molar-refractivity contribution in [3.8, 4) is 0 Å². The van der Waals surface area contributed by atoms with Crippen molar-refractivity contribution in [2.24, 2.45) is 0 Å². The SMILES string of the molecule is CN(C)c1ccc(C(=C2C=CC(=[N+](C)C)C=C2)c2ccccc2)cc1.[Cl-].[Cl-]. The number of benzene rings is 2. The number of hydrogen-bond donors (Lipinski definition) is 0. The Labute approximate surface area is 175 Å². The van der Waals surface area contributed by atoms with E-state index in [1.165, 1.54) is 33.7 Å². The summed E-state index contributed by atoms with van der Waals surface area (Å²) in [6.45, 7) is 0. The minimum absolute atomic E-state index is 0. The first-order chi connectivity index (χ1) is 12.1. The lowest BCUT2D eigenvalue weighted by Gasteiger charge is -2.16. The average Bonchev–Trinajstić information content (AvgIpc) is 2.64. The zero-order valence-electron chi connectivity index (χ0n) is 16.2. The zero-order valence-corrected chi connectivity index (χ0v) is 17.7. The molecule has 0 saturated carbocycles. The second kappa shape index (κ2) is 10.1. The molecule has 0 bridgehead atoms. The smallest absolute Gasteiger partial charge is 0.199 e. The van der Waals surface area contributed by atoms with Crippen LogP contribution in [-0.4, -0.2) is 38.5 Å². The molecule has 0 unspecified atom stereocenters. The standard InChI is InChI=1S/C23H25N2.2ClH/c1-24(2)21-14-10-19(11-15-21)23(18-8-6-5-7-9-18)20-12-16-22(17-13-20)25(3)4;;/h5-17H,1-4H3;2*1H/q+1;;/p-2. The molecule has 4 heteroatoms. The maximum absolute atomic E-state index is 2.21. The minimum atomic E-state index is 0. The van der Waals surface area contributed by atoms with Crippen molar-refractivity contribution in [1.82, 2.24) is 0 Å². The second-order valence-corrected chi connectivity index (χ2v) is 6.62. The number of allylic oxidation sites excluding steroid dienone is 5. The number of hydrogen-bond acceptors (Lipinski definition) is 1. The summed E-state index contributed by atoms with van der Waals surface area (Å²) in [5.41, 5.74) is 7.37. The number of nitrogens with zero attached hydrogens (tertiary/aromatic N) is 2. The summed E-state index contributed by atoms with van der Waals surface area (Å²) in [5, 5.41) is 0. The van der Waals surface area contributed by atoms with E-state index in [2.05, 4.69) is 117 Å². The van der Waals surface area contributed by atoms with E-state index in [-0.39, 0.29) is 24.8 Å². The van der Waals surface area contributed by atoms with Gasteiger partial charge in [0.15, 0.2) is 5.71 Å². The highest BCUT2D eigenvalue weighted by Gasteiger charge is 2.13. The fourth-order valence-electron chi connectivity index (χ4n) is 2.96. The van der Waals surface area contributed by atoms with Crippen LogP contribution in [-0.2, 0) is 0 Å². The van der Waals surface area contributed by atoms with Gasteiger partial charge in [-0.25, -0.2) is 4.58 Å². The van der Waals surface area contributed by atoms with Crippen LogP contribution in [0.4, 0.5) is 5.69 Å². The van der Waals surface area contributed by atoms with Crippen molar-refractivity contribution in [3.63, 3.8) is 0 Å². The summed E-state index contributed by atoms with van der Waals surface area (Å²) in [7, 11) is 8.27. The van der Waals surface area contributed by atoms with Gasteiger partial charge in [-0.1, -0.05) is 42.5 Å². The molecular weight excluding hydrogens is 375 g/mol. The molecule has 1 aliphatic carbocycles. The van der Waals surface area contributed by atoms with E-state index in [1.807, 2.05) is 0 Å². The Balaban J connectivity index is 0.00000182. The normalized spacial score (nSPS) is 12.1. The van der Waals surface area contributed by atoms with Gasteiger partial charge < -0.3 is 29.7 Å². The molecule has 1 aliphatic rings. The number of anilines is 1. The molecule has 3 rings (SSSR count). The Bertz CT molecular complexity index is 852. The van der Waals surface area contributed by atoms with Crippen LogP contribution in [0.3, 0.4) is 0 Å². The minimum Gasteiger partial charge on any atom is -1.00 e. The number of halogens is 2. The van der Waals surface area contributed by atoms with Gasteiger partial charge in [-0.15, -0.1) is 0 Å². The van der Waals surface area contributed by atoms with Gasteiger partial charge in [0.2, 0.25) is 0 Å². The van der Waals surface area contributed by atoms with Crippen LogP contribution in [0.2, 0.25) is 0 Å². The molecule has 0 radical (unpaired) electrons. The van der Waals surface area contributed by atoms with Crippen LogP contribution >= 0.6 is 0 Å². The van der Waals surface area contributed by atoms with Gasteiger partial charge >= 0.3 is 0 Å². The third kappa shape index (κ3) is 5.35. The Kier molecular flexibility index (Phi) is 8.55. The molecule has 0 fully saturated rings. The summed E-state index contributed by atoms with van der Waals surface area (Å²) in [4.78, 5) is 2.12. The van der Waals surface area contributed by atoms with Crippen LogP contribution in [0.1, 0.15) is 11.1 Å². The fraction of sp³-hybridized carbons (Fsp3) is 0.174. The van der Waals surface area contributed by atoms with Gasteiger partial charge in [0, 0.05) is 31.9 Å². The van der Waals surface area contributed by atoms with E-state index in [1.54, 1.807) is 0 Å². The molecular formula is C23H25Cl2N2-. The predicted octanol–water partition coefficient (Wildman–Crippen LogP) is -1.60. The molecule has 0 saturated heterocycles. The highest BCUT2D eigenvalue weighted by atomic mass is 35.5. The van der Waals surface area contributed by atoms with Crippen LogP contribution in [0.5, 0.6) is 0 Å². The molecule has 0 aliphatic heterocycles. The average molecular weight is 400 g/mol. The largest absolute Gasteiger partial charge is 1.00 e. The van der Waals surface area contributed by atoms with Crippen LogP contribution in [0.15, 0.2) is 84.5 Å². The van der Waals surface area contributed by atoms with Crippen molar-refractivity contribution < 1.29 is 29.4 Å². The van der Waals surface area contributed by atoms with E-state index in [9.17, 15) is 0 Å². The lowest BCUT2D eigenvalue weighted by atomic mass is 9.90. The maximum atomic E-state index is 2.21. The molecule has 2 nitrogen and oxygen atoms in total. The maximum Gasteiger partial charge on any atom is 0.199 e. The summed E-state index contributed by atoms with van der Waals surface area (Å²) >= 11 is 0. The molecule has 0 spiro atoms. The molecule has 0 aromatic heterocycles. The monoisotopic (exact) mass is 399 g/mol. The Morgan fingerprint density at radius 1 is 0.704 bits per heavy atom. The van der Waals surface area contributed by atoms with Gasteiger partial charge in [0.05, 0.1) is 0 Å². The molecule has 2 aromatic rings. The highest BCUT2D eigenvalue weighted by molar-refractivity contribution is 6.03. The molecule has 2 aromatic carbocycles. The molecule has 0 heterocycles. The fourth-order valence-corrected chi connectivity index (χ4v) is 2.96. The molecule has 0 N–H and O–H groups in total. The Hall–Kier alpha value is -2.29. The van der Waals surface area contributed by atoms with Gasteiger partial charge in [0.1, 0.15) is 14.1 Å². The van der Waals surface area contributed by atoms with Crippen LogP contribution in [0, 0.1) is 0 Å².